The smallest absolute Gasteiger partial charge is 0.133 e. The Hall–Kier alpha value is -3.34. The van der Waals surface area contributed by atoms with Crippen LogP contribution in [0.25, 0.3) is 22.6 Å². The van der Waals surface area contributed by atoms with Crippen LogP contribution in [0.4, 0.5) is 0 Å². The fourth-order valence-electron chi connectivity index (χ4n) is 2.47. The van der Waals surface area contributed by atoms with Crippen LogP contribution in [0, 0.1) is 5.41 Å². The van der Waals surface area contributed by atoms with Gasteiger partial charge in [-0.15, -0.1) is 0 Å². The molecule has 0 spiro atoms. The summed E-state index contributed by atoms with van der Waals surface area (Å²) in [6.07, 6.45) is 11.6. The number of nitrogens with one attached hydrogen (secondary N) is 2. The van der Waals surface area contributed by atoms with E-state index >= 15 is 0 Å². The Bertz CT molecular complexity index is 908. The van der Waals surface area contributed by atoms with Crippen molar-refractivity contribution in [2.45, 2.75) is 6.54 Å². The molecule has 0 aliphatic carbocycles. The van der Waals surface area contributed by atoms with E-state index in [1.807, 2.05) is 36.5 Å². The molecule has 2 aromatic heterocycles. The molecule has 2 heterocycles. The van der Waals surface area contributed by atoms with Crippen molar-refractivity contribution in [3.8, 4) is 0 Å². The monoisotopic (exact) mass is 318 g/mol. The summed E-state index contributed by atoms with van der Waals surface area (Å²) in [5.41, 5.74) is 10.1. The first-order chi connectivity index (χ1) is 11.8. The number of hydrogen-bond acceptors (Lipinski definition) is 5. The highest BCUT2D eigenvalue weighted by Gasteiger charge is 2.03. The van der Waals surface area contributed by atoms with Gasteiger partial charge in [0.15, 0.2) is 0 Å². The average molecular weight is 318 g/mol. The number of allylic oxidation sites excluding steroid dienone is 1. The predicted octanol–water partition coefficient (Wildman–Crippen LogP) is 3.54. The minimum atomic E-state index is 0.655. The van der Waals surface area contributed by atoms with Crippen LogP contribution in [0.15, 0.2) is 65.8 Å². The summed E-state index contributed by atoms with van der Waals surface area (Å²) in [7, 11) is 0. The van der Waals surface area contributed by atoms with Gasteiger partial charge in [-0.05, 0) is 47.7 Å². The van der Waals surface area contributed by atoms with E-state index in [1.165, 1.54) is 18.0 Å². The summed E-state index contributed by atoms with van der Waals surface area (Å²) in [4.78, 5) is 4.13. The molecule has 5 heteroatoms. The molecule has 0 fully saturated rings. The van der Waals surface area contributed by atoms with Crippen LogP contribution in [0.2, 0.25) is 0 Å². The third-order valence-corrected chi connectivity index (χ3v) is 3.70. The summed E-state index contributed by atoms with van der Waals surface area (Å²) in [5.74, 6) is 0. The quantitative estimate of drug-likeness (QED) is 0.607. The number of hydrogen-bond donors (Lipinski definition) is 3. The van der Waals surface area contributed by atoms with Crippen LogP contribution in [0.5, 0.6) is 0 Å². The summed E-state index contributed by atoms with van der Waals surface area (Å²) >= 11 is 0. The molecule has 0 bridgehead atoms. The number of rotatable bonds is 6. The Balaban J connectivity index is 1.69. The lowest BCUT2D eigenvalue weighted by molar-refractivity contribution is 0.615. The fourth-order valence-corrected chi connectivity index (χ4v) is 2.47. The van der Waals surface area contributed by atoms with Crippen molar-refractivity contribution in [1.82, 2.24) is 10.3 Å². The van der Waals surface area contributed by atoms with E-state index in [-0.39, 0.29) is 0 Å². The minimum absolute atomic E-state index is 0.655. The van der Waals surface area contributed by atoms with Gasteiger partial charge in [0, 0.05) is 47.9 Å². The third-order valence-electron chi connectivity index (χ3n) is 3.70. The highest BCUT2D eigenvalue weighted by Crippen LogP contribution is 2.18. The molecule has 24 heavy (non-hydrogen) atoms. The van der Waals surface area contributed by atoms with Crippen LogP contribution in [0.3, 0.4) is 0 Å². The molecule has 0 saturated carbocycles. The molecule has 3 rings (SSSR count). The molecule has 5 nitrogen and oxygen atoms in total. The van der Waals surface area contributed by atoms with E-state index in [2.05, 4.69) is 16.4 Å². The van der Waals surface area contributed by atoms with Gasteiger partial charge in [0.25, 0.3) is 0 Å². The van der Waals surface area contributed by atoms with Gasteiger partial charge in [-0.1, -0.05) is 6.07 Å². The van der Waals surface area contributed by atoms with Gasteiger partial charge in [-0.25, -0.2) is 0 Å². The summed E-state index contributed by atoms with van der Waals surface area (Å²) < 4.78 is 5.34. The number of furan rings is 1. The Morgan fingerprint density at radius 1 is 1.29 bits per heavy atom. The number of pyridine rings is 1. The lowest BCUT2D eigenvalue weighted by Crippen LogP contribution is -2.04. The molecular formula is C19H18N4O. The maximum Gasteiger partial charge on any atom is 0.133 e. The topological polar surface area (TPSA) is 87.9 Å². The van der Waals surface area contributed by atoms with Crippen LogP contribution < -0.4 is 11.1 Å². The average Bonchev–Trinajstić information content (AvgIpc) is 3.08. The van der Waals surface area contributed by atoms with Gasteiger partial charge >= 0.3 is 0 Å². The second-order valence-corrected chi connectivity index (χ2v) is 5.24. The van der Waals surface area contributed by atoms with Crippen molar-refractivity contribution >= 4 is 28.8 Å². The fraction of sp³-hybridized carbons (Fsp3) is 0.0526. The number of benzene rings is 1. The molecule has 0 aliphatic heterocycles. The Morgan fingerprint density at radius 3 is 3.04 bits per heavy atom. The number of nitrogens with two attached hydrogens (primary N) is 1. The molecule has 120 valence electrons. The van der Waals surface area contributed by atoms with E-state index in [0.717, 1.165) is 22.1 Å². The van der Waals surface area contributed by atoms with Crippen LogP contribution in [0.1, 0.15) is 16.7 Å². The number of aromatic nitrogens is 1. The maximum absolute atomic E-state index is 7.43. The lowest BCUT2D eigenvalue weighted by atomic mass is 10.0. The summed E-state index contributed by atoms with van der Waals surface area (Å²) in [5, 5.41) is 11.8. The van der Waals surface area contributed by atoms with E-state index in [0.29, 0.717) is 12.1 Å². The van der Waals surface area contributed by atoms with Gasteiger partial charge in [-0.3, -0.25) is 4.98 Å². The van der Waals surface area contributed by atoms with Gasteiger partial charge in [0.2, 0.25) is 0 Å². The Morgan fingerprint density at radius 2 is 2.21 bits per heavy atom. The molecule has 0 amide bonds. The Labute approximate surface area is 140 Å². The van der Waals surface area contributed by atoms with Crippen LogP contribution in [-0.2, 0) is 6.54 Å². The molecule has 0 saturated heterocycles. The third kappa shape index (κ3) is 3.35. The molecule has 0 unspecified atom stereocenters. The Kier molecular flexibility index (Phi) is 4.72. The minimum Gasteiger partial charge on any atom is -0.464 e. The SMILES string of the molecule is N=C/C(=C\N)c1ccncc1/C=C/NCc1ccc2occc2c1. The van der Waals surface area contributed by atoms with Crippen molar-refractivity contribution in [2.24, 2.45) is 5.73 Å². The molecule has 3 aromatic rings. The first kappa shape index (κ1) is 15.6. The molecule has 0 aliphatic rings. The normalized spacial score (nSPS) is 11.9. The second kappa shape index (κ2) is 7.28. The second-order valence-electron chi connectivity index (χ2n) is 5.24. The first-order valence-corrected chi connectivity index (χ1v) is 7.54. The summed E-state index contributed by atoms with van der Waals surface area (Å²) in [6.45, 7) is 0.706. The van der Waals surface area contributed by atoms with Gasteiger partial charge < -0.3 is 20.9 Å². The maximum atomic E-state index is 7.43. The predicted molar refractivity (Wildman–Crippen MR) is 97.3 cm³/mol. The molecular weight excluding hydrogens is 300 g/mol. The van der Waals surface area contributed by atoms with Crippen molar-refractivity contribution in [2.75, 3.05) is 0 Å². The highest BCUT2D eigenvalue weighted by atomic mass is 16.3. The van der Waals surface area contributed by atoms with Crippen LogP contribution >= 0.6 is 0 Å². The number of fused-ring (bicyclic) bond motifs is 1. The van der Waals surface area contributed by atoms with Crippen LogP contribution in [-0.4, -0.2) is 11.2 Å². The van der Waals surface area contributed by atoms with E-state index in [9.17, 15) is 0 Å². The van der Waals surface area contributed by atoms with E-state index in [4.69, 9.17) is 15.6 Å². The van der Waals surface area contributed by atoms with Gasteiger partial charge in [0.05, 0.1) is 6.26 Å². The zero-order valence-corrected chi connectivity index (χ0v) is 13.1. The van der Waals surface area contributed by atoms with E-state index < -0.39 is 0 Å². The number of nitrogens with zero attached hydrogens (tertiary/aromatic N) is 1. The lowest BCUT2D eigenvalue weighted by Gasteiger charge is -2.06. The first-order valence-electron chi connectivity index (χ1n) is 7.54. The zero-order chi connectivity index (χ0) is 16.8. The van der Waals surface area contributed by atoms with Gasteiger partial charge in [-0.2, -0.15) is 0 Å². The molecule has 0 atom stereocenters. The highest BCUT2D eigenvalue weighted by molar-refractivity contribution is 6.09. The van der Waals surface area contributed by atoms with Crippen molar-refractivity contribution in [3.05, 3.63) is 78.1 Å². The van der Waals surface area contributed by atoms with Gasteiger partial charge in [0.1, 0.15) is 5.58 Å². The van der Waals surface area contributed by atoms with Crippen molar-refractivity contribution < 1.29 is 4.42 Å². The molecule has 1 aromatic carbocycles. The van der Waals surface area contributed by atoms with Crippen molar-refractivity contribution in [3.63, 3.8) is 0 Å². The van der Waals surface area contributed by atoms with Crippen molar-refractivity contribution in [1.29, 1.82) is 5.41 Å². The van der Waals surface area contributed by atoms with E-state index in [1.54, 1.807) is 18.7 Å². The standard InChI is InChI=1S/C19H18N4O/c20-10-17(11-21)18-4-7-23-13-16(18)3-6-22-12-14-1-2-19-15(9-14)5-8-24-19/h1-11,13,20,22H,12,21H2/b6-3+,17-11+,20-10?. The summed E-state index contributed by atoms with van der Waals surface area (Å²) in [6, 6.07) is 9.90. The molecule has 0 radical (unpaired) electrons. The zero-order valence-electron chi connectivity index (χ0n) is 13.1. The largest absolute Gasteiger partial charge is 0.464 e. The molecule has 4 N–H and O–H groups in total.